The van der Waals surface area contributed by atoms with E-state index in [0.717, 1.165) is 45.0 Å². The Kier molecular flexibility index (Phi) is 7.36. The quantitative estimate of drug-likeness (QED) is 0.324. The third-order valence-electron chi connectivity index (χ3n) is 4.30. The molecule has 2 aromatic rings. The van der Waals surface area contributed by atoms with Crippen molar-refractivity contribution in [3.8, 4) is 0 Å². The first kappa shape index (κ1) is 19.1. The van der Waals surface area contributed by atoms with Gasteiger partial charge in [-0.2, -0.15) is 0 Å². The van der Waals surface area contributed by atoms with Crippen LogP contribution in [0.5, 0.6) is 0 Å². The molecule has 1 fully saturated rings. The van der Waals surface area contributed by atoms with E-state index in [-0.39, 0.29) is 30.1 Å². The highest BCUT2D eigenvalue weighted by molar-refractivity contribution is 14.0. The first-order valence-corrected chi connectivity index (χ1v) is 8.53. The average molecular weight is 442 g/mol. The molecular weight excluding hydrogens is 415 g/mol. The van der Waals surface area contributed by atoms with E-state index >= 15 is 0 Å². The minimum atomic E-state index is -0.218. The highest BCUT2D eigenvalue weighted by atomic mass is 127. The number of hydrogen-bond acceptors (Lipinski definition) is 2. The van der Waals surface area contributed by atoms with Crippen LogP contribution in [0.2, 0.25) is 0 Å². The predicted octanol–water partition coefficient (Wildman–Crippen LogP) is 2.68. The lowest BCUT2D eigenvalue weighted by molar-refractivity contribution is 0.188. The Hall–Kier alpha value is -1.28. The lowest BCUT2D eigenvalue weighted by Gasteiger charge is -2.20. The molecular formula is C18H27IN4O. The van der Waals surface area contributed by atoms with Gasteiger partial charge in [0.05, 0.1) is 6.10 Å². The van der Waals surface area contributed by atoms with Crippen LogP contribution in [0.1, 0.15) is 19.8 Å². The molecule has 1 aromatic carbocycles. The van der Waals surface area contributed by atoms with E-state index in [1.807, 2.05) is 0 Å². The summed E-state index contributed by atoms with van der Waals surface area (Å²) in [7, 11) is 0. The first-order chi connectivity index (χ1) is 11.3. The molecule has 5 nitrogen and oxygen atoms in total. The smallest absolute Gasteiger partial charge is 0.194 e. The van der Waals surface area contributed by atoms with Gasteiger partial charge in [0.1, 0.15) is 0 Å². The second kappa shape index (κ2) is 9.27. The van der Waals surface area contributed by atoms with Gasteiger partial charge in [-0.3, -0.25) is 4.99 Å². The summed E-state index contributed by atoms with van der Waals surface area (Å²) in [5.74, 6) is 0.932. The topological polar surface area (TPSA) is 52.8 Å². The molecule has 1 aromatic heterocycles. The van der Waals surface area contributed by atoms with E-state index in [4.69, 9.17) is 4.99 Å². The molecule has 132 valence electrons. The normalized spacial score (nSPS) is 18.0. The van der Waals surface area contributed by atoms with Crippen LogP contribution < -0.4 is 5.32 Å². The number of hydrogen-bond donors (Lipinski definition) is 2. The molecule has 1 aliphatic rings. The number of guanidine groups is 1. The van der Waals surface area contributed by atoms with Crippen LogP contribution in [0.3, 0.4) is 0 Å². The molecule has 0 bridgehead atoms. The van der Waals surface area contributed by atoms with Gasteiger partial charge in [-0.25, -0.2) is 0 Å². The number of fused-ring (bicyclic) bond motifs is 1. The van der Waals surface area contributed by atoms with Crippen molar-refractivity contribution >= 4 is 40.8 Å². The maximum atomic E-state index is 9.69. The van der Waals surface area contributed by atoms with Gasteiger partial charge >= 0.3 is 0 Å². The summed E-state index contributed by atoms with van der Waals surface area (Å²) in [6, 6.07) is 10.6. The maximum absolute atomic E-state index is 9.69. The van der Waals surface area contributed by atoms with Gasteiger partial charge in [-0.05, 0) is 37.3 Å². The van der Waals surface area contributed by atoms with Gasteiger partial charge in [-0.1, -0.05) is 18.2 Å². The van der Waals surface area contributed by atoms with E-state index in [1.54, 1.807) is 0 Å². The number of para-hydroxylation sites is 1. The number of nitrogens with zero attached hydrogens (tertiary/aromatic N) is 3. The summed E-state index contributed by atoms with van der Waals surface area (Å²) < 4.78 is 2.29. The Bertz CT molecular complexity index is 670. The zero-order valence-corrected chi connectivity index (χ0v) is 16.5. The molecule has 0 saturated carbocycles. The summed E-state index contributed by atoms with van der Waals surface area (Å²) in [5.41, 5.74) is 1.28. The number of nitrogens with one attached hydrogen (secondary N) is 1. The average Bonchev–Trinajstić information content (AvgIpc) is 3.17. The monoisotopic (exact) mass is 442 g/mol. The fraction of sp³-hybridized carbons (Fsp3) is 0.500. The van der Waals surface area contributed by atoms with E-state index < -0.39 is 0 Å². The van der Waals surface area contributed by atoms with Gasteiger partial charge in [0.25, 0.3) is 0 Å². The van der Waals surface area contributed by atoms with Crippen molar-refractivity contribution in [1.82, 2.24) is 14.8 Å². The molecule has 3 rings (SSSR count). The van der Waals surface area contributed by atoms with Crippen molar-refractivity contribution in [2.75, 3.05) is 26.2 Å². The molecule has 0 aliphatic carbocycles. The van der Waals surface area contributed by atoms with Gasteiger partial charge in [-0.15, -0.1) is 24.0 Å². The summed E-state index contributed by atoms with van der Waals surface area (Å²) in [4.78, 5) is 6.87. The van der Waals surface area contributed by atoms with E-state index in [9.17, 15) is 5.11 Å². The molecule has 24 heavy (non-hydrogen) atoms. The Morgan fingerprint density at radius 1 is 1.33 bits per heavy atom. The van der Waals surface area contributed by atoms with Crippen LogP contribution >= 0.6 is 24.0 Å². The third kappa shape index (κ3) is 4.63. The molecule has 0 unspecified atom stereocenters. The van der Waals surface area contributed by atoms with Crippen molar-refractivity contribution in [3.63, 3.8) is 0 Å². The third-order valence-corrected chi connectivity index (χ3v) is 4.30. The van der Waals surface area contributed by atoms with Gasteiger partial charge in [0.2, 0.25) is 0 Å². The number of aryl methyl sites for hydroxylation is 1. The number of aromatic nitrogens is 1. The van der Waals surface area contributed by atoms with Crippen molar-refractivity contribution in [2.24, 2.45) is 4.99 Å². The standard InChI is InChI=1S/C18H26N4O.HI/c1-2-19-18(22-13-9-16(23)14-22)20-10-5-11-21-12-8-15-6-3-4-7-17(15)21;/h3-4,6-8,12,16,23H,2,5,9-11,13-14H2,1H3,(H,19,20);1H/t16-;/m1./s1. The highest BCUT2D eigenvalue weighted by Crippen LogP contribution is 2.15. The fourth-order valence-electron chi connectivity index (χ4n) is 3.12. The van der Waals surface area contributed by atoms with Crippen LogP contribution in [-0.2, 0) is 6.54 Å². The number of aliphatic hydroxyl groups excluding tert-OH is 1. The number of rotatable bonds is 5. The van der Waals surface area contributed by atoms with Gasteiger partial charge in [0.15, 0.2) is 5.96 Å². The van der Waals surface area contributed by atoms with Crippen LogP contribution in [0.4, 0.5) is 0 Å². The van der Waals surface area contributed by atoms with Gasteiger partial charge in [0, 0.05) is 44.4 Å². The summed E-state index contributed by atoms with van der Waals surface area (Å²) in [6.45, 7) is 6.27. The molecule has 0 amide bonds. The molecule has 0 radical (unpaired) electrons. The minimum Gasteiger partial charge on any atom is -0.391 e. The van der Waals surface area contributed by atoms with Gasteiger partial charge < -0.3 is 19.9 Å². The highest BCUT2D eigenvalue weighted by Gasteiger charge is 2.22. The fourth-order valence-corrected chi connectivity index (χ4v) is 3.12. The summed E-state index contributed by atoms with van der Waals surface area (Å²) in [6.07, 6.45) is 3.77. The van der Waals surface area contributed by atoms with Crippen LogP contribution in [0, 0.1) is 0 Å². The number of aliphatic imine (C=N–C) groups is 1. The molecule has 2 heterocycles. The minimum absolute atomic E-state index is 0. The molecule has 1 saturated heterocycles. The Morgan fingerprint density at radius 2 is 2.17 bits per heavy atom. The van der Waals surface area contributed by atoms with Crippen LogP contribution in [-0.4, -0.2) is 52.8 Å². The Balaban J connectivity index is 0.00000208. The maximum Gasteiger partial charge on any atom is 0.194 e. The Morgan fingerprint density at radius 3 is 2.92 bits per heavy atom. The number of halogens is 1. The van der Waals surface area contributed by atoms with Crippen molar-refractivity contribution < 1.29 is 5.11 Å². The summed E-state index contributed by atoms with van der Waals surface area (Å²) >= 11 is 0. The zero-order valence-electron chi connectivity index (χ0n) is 14.2. The van der Waals surface area contributed by atoms with E-state index in [1.165, 1.54) is 10.9 Å². The van der Waals surface area contributed by atoms with Crippen LogP contribution in [0.25, 0.3) is 10.9 Å². The lowest BCUT2D eigenvalue weighted by Crippen LogP contribution is -2.40. The number of likely N-dealkylation sites (tertiary alicyclic amines) is 1. The molecule has 6 heteroatoms. The predicted molar refractivity (Wildman–Crippen MR) is 110 cm³/mol. The van der Waals surface area contributed by atoms with E-state index in [0.29, 0.717) is 6.54 Å². The largest absolute Gasteiger partial charge is 0.391 e. The van der Waals surface area contributed by atoms with Crippen molar-refractivity contribution in [3.05, 3.63) is 36.5 Å². The molecule has 1 atom stereocenters. The molecule has 2 N–H and O–H groups in total. The summed E-state index contributed by atoms with van der Waals surface area (Å²) in [5, 5.41) is 14.3. The van der Waals surface area contributed by atoms with E-state index in [2.05, 4.69) is 58.2 Å². The number of β-amino-alcohol motifs (C(OH)–C–C–N with tert-alkyl or cyclic N) is 1. The zero-order chi connectivity index (χ0) is 16.1. The number of benzene rings is 1. The van der Waals surface area contributed by atoms with Crippen LogP contribution in [0.15, 0.2) is 41.5 Å². The molecule has 1 aliphatic heterocycles. The van der Waals surface area contributed by atoms with Crippen molar-refractivity contribution in [2.45, 2.75) is 32.4 Å². The Labute approximate surface area is 160 Å². The molecule has 0 spiro atoms. The second-order valence-electron chi connectivity index (χ2n) is 6.05. The second-order valence-corrected chi connectivity index (χ2v) is 6.05. The lowest BCUT2D eigenvalue weighted by atomic mass is 10.2. The number of aliphatic hydroxyl groups is 1. The SMILES string of the molecule is CCNC(=NCCCn1ccc2ccccc21)N1CC[C@@H](O)C1.I. The van der Waals surface area contributed by atoms with Crippen molar-refractivity contribution in [1.29, 1.82) is 0 Å². The first-order valence-electron chi connectivity index (χ1n) is 8.53.